The number of aliphatic hydroxyl groups is 1. The van der Waals surface area contributed by atoms with Gasteiger partial charge in [-0.25, -0.2) is 0 Å². The zero-order valence-corrected chi connectivity index (χ0v) is 7.07. The van der Waals surface area contributed by atoms with Crippen LogP contribution < -0.4 is 0 Å². The molecular weight excluding hydrogens is 152 g/mol. The lowest BCUT2D eigenvalue weighted by molar-refractivity contribution is 0.0589. The molecule has 0 bridgehead atoms. The van der Waals surface area contributed by atoms with Crippen LogP contribution in [-0.4, -0.2) is 11.2 Å². The summed E-state index contributed by atoms with van der Waals surface area (Å²) in [5.41, 5.74) is 0. The summed E-state index contributed by atoms with van der Waals surface area (Å²) in [6, 6.07) is 3.78. The first-order valence-electron chi connectivity index (χ1n) is 4.56. The highest BCUT2D eigenvalue weighted by Gasteiger charge is 2.25. The number of aliphatic hydroxyl groups excluding tert-OH is 1. The molecule has 1 fully saturated rings. The molecule has 1 N–H and O–H groups in total. The Bertz CT molecular complexity index is 224. The average Bonchev–Trinajstić information content (AvgIpc) is 2.34. The van der Waals surface area contributed by atoms with Crippen molar-refractivity contribution in [2.45, 2.75) is 31.8 Å². The molecular formula is C10H14O2. The monoisotopic (exact) mass is 166 g/mol. The number of furan rings is 1. The summed E-state index contributed by atoms with van der Waals surface area (Å²) in [5, 5.41) is 9.68. The topological polar surface area (TPSA) is 33.4 Å². The molecule has 1 aliphatic rings. The van der Waals surface area contributed by atoms with Crippen molar-refractivity contribution in [3.05, 3.63) is 24.2 Å². The van der Waals surface area contributed by atoms with Crippen LogP contribution in [0.2, 0.25) is 0 Å². The second kappa shape index (κ2) is 3.31. The normalized spacial score (nSPS) is 20.4. The molecule has 1 saturated carbocycles. The minimum absolute atomic E-state index is 0.190. The van der Waals surface area contributed by atoms with Crippen molar-refractivity contribution in [3.63, 3.8) is 0 Å². The summed E-state index contributed by atoms with van der Waals surface area (Å²) in [6.07, 6.45) is 5.79. The molecule has 1 heterocycles. The quantitative estimate of drug-likeness (QED) is 0.744. The van der Waals surface area contributed by atoms with Crippen LogP contribution >= 0.6 is 0 Å². The van der Waals surface area contributed by atoms with Gasteiger partial charge < -0.3 is 9.52 Å². The van der Waals surface area contributed by atoms with Gasteiger partial charge >= 0.3 is 0 Å². The maximum Gasteiger partial charge on any atom is 0.106 e. The van der Waals surface area contributed by atoms with E-state index in [2.05, 4.69) is 0 Å². The van der Waals surface area contributed by atoms with E-state index < -0.39 is 0 Å². The second-order valence-electron chi connectivity index (χ2n) is 3.54. The molecule has 1 unspecified atom stereocenters. The number of hydrogen-bond donors (Lipinski definition) is 1. The standard InChI is InChI=1S/C10H14O2/c11-10(8-3-1-4-8)7-9-5-2-6-12-9/h2,5-6,8,10-11H,1,3-4,7H2. The molecule has 2 heteroatoms. The first-order chi connectivity index (χ1) is 5.86. The molecule has 0 amide bonds. The predicted octanol–water partition coefficient (Wildman–Crippen LogP) is 1.98. The summed E-state index contributed by atoms with van der Waals surface area (Å²) in [5.74, 6) is 1.42. The Kier molecular flexibility index (Phi) is 2.17. The molecule has 1 aliphatic carbocycles. The molecule has 1 aromatic rings. The minimum atomic E-state index is -0.190. The Morgan fingerprint density at radius 3 is 2.92 bits per heavy atom. The molecule has 1 aromatic heterocycles. The lowest BCUT2D eigenvalue weighted by Crippen LogP contribution is -2.28. The van der Waals surface area contributed by atoms with E-state index in [4.69, 9.17) is 4.42 Å². The Morgan fingerprint density at radius 1 is 1.58 bits per heavy atom. The van der Waals surface area contributed by atoms with Gasteiger partial charge in [0.1, 0.15) is 5.76 Å². The van der Waals surface area contributed by atoms with Gasteiger partial charge in [0.15, 0.2) is 0 Å². The highest BCUT2D eigenvalue weighted by atomic mass is 16.3. The molecule has 2 rings (SSSR count). The van der Waals surface area contributed by atoms with Gasteiger partial charge in [-0.1, -0.05) is 6.42 Å². The van der Waals surface area contributed by atoms with Crippen LogP contribution in [0.25, 0.3) is 0 Å². The predicted molar refractivity (Wildman–Crippen MR) is 45.8 cm³/mol. The van der Waals surface area contributed by atoms with Crippen molar-refractivity contribution in [1.29, 1.82) is 0 Å². The van der Waals surface area contributed by atoms with E-state index in [0.29, 0.717) is 12.3 Å². The van der Waals surface area contributed by atoms with Crippen molar-refractivity contribution in [2.75, 3.05) is 0 Å². The summed E-state index contributed by atoms with van der Waals surface area (Å²) in [4.78, 5) is 0. The molecule has 0 radical (unpaired) electrons. The lowest BCUT2D eigenvalue weighted by Gasteiger charge is -2.29. The Balaban J connectivity index is 1.86. The first kappa shape index (κ1) is 7.87. The van der Waals surface area contributed by atoms with Crippen LogP contribution in [0.3, 0.4) is 0 Å². The summed E-state index contributed by atoms with van der Waals surface area (Å²) in [6.45, 7) is 0. The third-order valence-corrected chi connectivity index (χ3v) is 2.68. The van der Waals surface area contributed by atoms with Gasteiger partial charge in [-0.2, -0.15) is 0 Å². The summed E-state index contributed by atoms with van der Waals surface area (Å²) < 4.78 is 5.16. The maximum atomic E-state index is 9.68. The van der Waals surface area contributed by atoms with Crippen LogP contribution in [0.15, 0.2) is 22.8 Å². The van der Waals surface area contributed by atoms with Crippen molar-refractivity contribution >= 4 is 0 Å². The molecule has 2 nitrogen and oxygen atoms in total. The molecule has 0 aliphatic heterocycles. The highest BCUT2D eigenvalue weighted by molar-refractivity contribution is 5.00. The largest absolute Gasteiger partial charge is 0.469 e. The lowest BCUT2D eigenvalue weighted by atomic mass is 9.80. The molecule has 66 valence electrons. The minimum Gasteiger partial charge on any atom is -0.469 e. The van der Waals surface area contributed by atoms with Crippen molar-refractivity contribution in [1.82, 2.24) is 0 Å². The van der Waals surface area contributed by atoms with Crippen LogP contribution in [0.4, 0.5) is 0 Å². The van der Waals surface area contributed by atoms with Gasteiger partial charge in [-0.3, -0.25) is 0 Å². The third-order valence-electron chi connectivity index (χ3n) is 2.68. The van der Waals surface area contributed by atoms with Crippen LogP contribution in [-0.2, 0) is 6.42 Å². The molecule has 0 saturated heterocycles. The maximum absolute atomic E-state index is 9.68. The molecule has 12 heavy (non-hydrogen) atoms. The van der Waals surface area contributed by atoms with Crippen LogP contribution in [0.5, 0.6) is 0 Å². The Hall–Kier alpha value is -0.760. The third kappa shape index (κ3) is 1.53. The zero-order chi connectivity index (χ0) is 8.39. The first-order valence-corrected chi connectivity index (χ1v) is 4.56. The van der Waals surface area contributed by atoms with Gasteiger partial charge in [0.05, 0.1) is 12.4 Å². The van der Waals surface area contributed by atoms with E-state index in [1.165, 1.54) is 19.3 Å². The summed E-state index contributed by atoms with van der Waals surface area (Å²) >= 11 is 0. The van der Waals surface area contributed by atoms with E-state index in [1.807, 2.05) is 12.1 Å². The fourth-order valence-corrected chi connectivity index (χ4v) is 1.63. The van der Waals surface area contributed by atoms with Gasteiger partial charge in [-0.05, 0) is 30.9 Å². The van der Waals surface area contributed by atoms with Crippen molar-refractivity contribution in [3.8, 4) is 0 Å². The van der Waals surface area contributed by atoms with Gasteiger partial charge in [-0.15, -0.1) is 0 Å². The van der Waals surface area contributed by atoms with Crippen LogP contribution in [0.1, 0.15) is 25.0 Å². The van der Waals surface area contributed by atoms with Crippen LogP contribution in [0, 0.1) is 5.92 Å². The molecule has 0 spiro atoms. The average molecular weight is 166 g/mol. The molecule has 0 aromatic carbocycles. The smallest absolute Gasteiger partial charge is 0.106 e. The Labute approximate surface area is 72.2 Å². The SMILES string of the molecule is OC(Cc1ccco1)C1CCC1. The molecule has 1 atom stereocenters. The zero-order valence-electron chi connectivity index (χ0n) is 7.07. The van der Waals surface area contributed by atoms with E-state index in [0.717, 1.165) is 5.76 Å². The highest BCUT2D eigenvalue weighted by Crippen LogP contribution is 2.30. The van der Waals surface area contributed by atoms with Crippen molar-refractivity contribution < 1.29 is 9.52 Å². The van der Waals surface area contributed by atoms with Gasteiger partial charge in [0, 0.05) is 6.42 Å². The van der Waals surface area contributed by atoms with E-state index in [-0.39, 0.29) is 6.10 Å². The fourth-order valence-electron chi connectivity index (χ4n) is 1.63. The number of rotatable bonds is 3. The number of hydrogen-bond acceptors (Lipinski definition) is 2. The fraction of sp³-hybridized carbons (Fsp3) is 0.600. The van der Waals surface area contributed by atoms with Crippen molar-refractivity contribution in [2.24, 2.45) is 5.92 Å². The Morgan fingerprint density at radius 2 is 2.42 bits per heavy atom. The van der Waals surface area contributed by atoms with E-state index in [9.17, 15) is 5.11 Å². The van der Waals surface area contributed by atoms with Gasteiger partial charge in [0.25, 0.3) is 0 Å². The van der Waals surface area contributed by atoms with E-state index >= 15 is 0 Å². The second-order valence-corrected chi connectivity index (χ2v) is 3.54. The van der Waals surface area contributed by atoms with E-state index in [1.54, 1.807) is 6.26 Å². The summed E-state index contributed by atoms with van der Waals surface area (Å²) in [7, 11) is 0. The van der Waals surface area contributed by atoms with Gasteiger partial charge in [0.2, 0.25) is 0 Å².